The van der Waals surface area contributed by atoms with Crippen LogP contribution in [0.1, 0.15) is 21.8 Å². The van der Waals surface area contributed by atoms with Gasteiger partial charge in [0.05, 0.1) is 19.2 Å². The monoisotopic (exact) mass is 720 g/mol. The van der Waals surface area contributed by atoms with Crippen molar-refractivity contribution in [1.29, 1.82) is 0 Å². The normalized spacial score (nSPS) is 17.5. The van der Waals surface area contributed by atoms with Gasteiger partial charge in [-0.15, -0.1) is 34.4 Å². The van der Waals surface area contributed by atoms with Crippen LogP contribution >= 0.6 is 46.2 Å². The maximum absolute atomic E-state index is 13.2. The van der Waals surface area contributed by atoms with E-state index in [9.17, 15) is 24.3 Å². The van der Waals surface area contributed by atoms with Gasteiger partial charge in [-0.1, -0.05) is 29.1 Å². The van der Waals surface area contributed by atoms with E-state index in [4.69, 9.17) is 24.8 Å². The summed E-state index contributed by atoms with van der Waals surface area (Å²) in [6, 6.07) is 6.25. The molecule has 1 saturated heterocycles. The van der Waals surface area contributed by atoms with Gasteiger partial charge < -0.3 is 35.2 Å². The number of carbonyl (C=O) groups excluding carboxylic acids is 3. The molecule has 3 aromatic rings. The molecule has 0 spiro atoms. The molecule has 1 aromatic carbocycles. The summed E-state index contributed by atoms with van der Waals surface area (Å²) < 4.78 is 16.3. The highest BCUT2D eigenvalue weighted by Gasteiger charge is 2.54. The Labute approximate surface area is 284 Å². The number of carbonyl (C=O) groups is 4. The Bertz CT molecular complexity index is 1740. The zero-order valence-electron chi connectivity index (χ0n) is 25.1. The lowest BCUT2D eigenvalue weighted by atomic mass is 10.1. The molecular formula is C28H28N6O9S4. The second-order valence-corrected chi connectivity index (χ2v) is 14.1. The molecule has 1 fully saturated rings. The predicted octanol–water partition coefficient (Wildman–Crippen LogP) is 3.23. The summed E-state index contributed by atoms with van der Waals surface area (Å²) in [5.74, 6) is -0.447. The summed E-state index contributed by atoms with van der Waals surface area (Å²) in [5, 5.41) is 16.9. The molecule has 2 aromatic heterocycles. The van der Waals surface area contributed by atoms with Gasteiger partial charge in [0, 0.05) is 27.3 Å². The number of methoxy groups -OCH3 is 1. The molecule has 0 saturated carbocycles. The number of benzene rings is 1. The van der Waals surface area contributed by atoms with E-state index in [1.54, 1.807) is 26.2 Å². The minimum Gasteiger partial charge on any atom is -0.497 e. The molecule has 4 heterocycles. The minimum atomic E-state index is -1.58. The van der Waals surface area contributed by atoms with E-state index < -0.39 is 35.4 Å². The molecule has 2 amide bonds. The van der Waals surface area contributed by atoms with Crippen molar-refractivity contribution in [2.75, 3.05) is 31.5 Å². The van der Waals surface area contributed by atoms with Gasteiger partial charge in [-0.3, -0.25) is 19.3 Å². The molecule has 15 nitrogen and oxygen atoms in total. The fraction of sp³-hybridized carbons (Fsp3) is 0.321. The van der Waals surface area contributed by atoms with Gasteiger partial charge in [0.1, 0.15) is 36.6 Å². The van der Waals surface area contributed by atoms with Crippen molar-refractivity contribution in [2.45, 2.75) is 35.7 Å². The first-order chi connectivity index (χ1) is 22.6. The lowest BCUT2D eigenvalue weighted by molar-refractivity contribution is -0.148. The van der Waals surface area contributed by atoms with Crippen LogP contribution in [0.25, 0.3) is 0 Å². The van der Waals surface area contributed by atoms with E-state index in [0.717, 1.165) is 21.8 Å². The maximum atomic E-state index is 13.2. The van der Waals surface area contributed by atoms with E-state index in [1.165, 1.54) is 52.3 Å². The highest BCUT2D eigenvalue weighted by Crippen LogP contribution is 2.42. The molecule has 2 atom stereocenters. The highest BCUT2D eigenvalue weighted by atomic mass is 32.2. The number of nitrogens with zero attached hydrogens (tertiary/aromatic N) is 4. The quantitative estimate of drug-likeness (QED) is 0.0763. The van der Waals surface area contributed by atoms with Crippen LogP contribution in [0.3, 0.4) is 0 Å². The molecule has 0 bridgehead atoms. The number of thiazole rings is 2. The number of oxime groups is 1. The number of nitrogen functional groups attached to an aromatic ring is 1. The second-order valence-electron chi connectivity index (χ2n) is 9.79. The number of aryl methyl sites for hydroxylation is 1. The number of anilines is 1. The summed E-state index contributed by atoms with van der Waals surface area (Å²) in [6.07, 6.45) is -1.53. The molecule has 2 aliphatic rings. The van der Waals surface area contributed by atoms with Crippen LogP contribution in [0.4, 0.5) is 9.93 Å². The van der Waals surface area contributed by atoms with E-state index in [1.807, 2.05) is 12.1 Å². The maximum Gasteiger partial charge on any atom is 0.512 e. The van der Waals surface area contributed by atoms with Gasteiger partial charge >= 0.3 is 12.1 Å². The first-order valence-electron chi connectivity index (χ1n) is 13.7. The molecule has 248 valence electrons. The number of esters is 1. The number of fused-ring (bicyclic) bond motifs is 1. The number of nitrogens with two attached hydrogens (primary N) is 1. The molecule has 0 aliphatic carbocycles. The number of aromatic nitrogens is 2. The average molecular weight is 721 g/mol. The average Bonchev–Trinajstić information content (AvgIpc) is 3.64. The zero-order valence-corrected chi connectivity index (χ0v) is 28.3. The van der Waals surface area contributed by atoms with Crippen molar-refractivity contribution in [1.82, 2.24) is 20.2 Å². The lowest BCUT2D eigenvalue weighted by Crippen LogP contribution is -2.70. The van der Waals surface area contributed by atoms with Gasteiger partial charge in [-0.2, -0.15) is 0 Å². The first-order valence-corrected chi connectivity index (χ1v) is 17.4. The highest BCUT2D eigenvalue weighted by molar-refractivity contribution is 8.01. The Hall–Kier alpha value is -4.33. The number of amides is 2. The Balaban J connectivity index is 1.21. The Kier molecular flexibility index (Phi) is 10.9. The summed E-state index contributed by atoms with van der Waals surface area (Å²) in [7, 11) is 2.84. The standard InChI is InChI=1S/C28H28N6O9S4/c1-13-18(8-19(35)42-9-14-4-6-16(40-2)7-5-14)47-27(30-13)46-11-15-10-44-25-21(23(37)34(25)24(15)43-28(38)39)32-22(36)20(33-41-3)17-12-45-26(29)31-17/h4-7,12,21,25H,8-11H2,1-3H3,(H2,29,31)(H,32,36)(H,38,39)/t21-,25+/m1/s1. The third kappa shape index (κ3) is 7.98. The van der Waals surface area contributed by atoms with Gasteiger partial charge in [0.2, 0.25) is 5.88 Å². The van der Waals surface area contributed by atoms with Gasteiger partial charge in [-0.25, -0.2) is 14.8 Å². The molecular weight excluding hydrogens is 693 g/mol. The number of carboxylic acid groups (broad SMARTS) is 1. The lowest BCUT2D eigenvalue weighted by Gasteiger charge is -2.49. The number of thioether (sulfide) groups is 2. The summed E-state index contributed by atoms with van der Waals surface area (Å²) in [5.41, 5.74) is 7.77. The van der Waals surface area contributed by atoms with Crippen molar-refractivity contribution in [3.05, 3.63) is 62.9 Å². The van der Waals surface area contributed by atoms with Gasteiger partial charge in [-0.05, 0) is 24.6 Å². The number of hydrogen-bond acceptors (Lipinski definition) is 16. The van der Waals surface area contributed by atoms with E-state index in [-0.39, 0.29) is 41.2 Å². The smallest absolute Gasteiger partial charge is 0.497 e. The van der Waals surface area contributed by atoms with E-state index in [2.05, 4.69) is 20.4 Å². The number of rotatable bonds is 13. The zero-order chi connectivity index (χ0) is 33.7. The van der Waals surface area contributed by atoms with E-state index in [0.29, 0.717) is 27.1 Å². The summed E-state index contributed by atoms with van der Waals surface area (Å²) >= 11 is 5.12. The largest absolute Gasteiger partial charge is 0.512 e. The number of hydrogen-bond donors (Lipinski definition) is 3. The van der Waals surface area contributed by atoms with Crippen molar-refractivity contribution >= 4 is 81.0 Å². The Morgan fingerprint density at radius 1 is 1.21 bits per heavy atom. The number of β-lactam (4-membered cyclic amide) rings is 1. The molecule has 47 heavy (non-hydrogen) atoms. The Morgan fingerprint density at radius 3 is 2.64 bits per heavy atom. The van der Waals surface area contributed by atoms with Crippen LogP contribution < -0.4 is 15.8 Å². The van der Waals surface area contributed by atoms with Crippen molar-refractivity contribution < 1.29 is 43.3 Å². The van der Waals surface area contributed by atoms with Crippen LogP contribution in [0, 0.1) is 6.92 Å². The third-order valence-corrected chi connectivity index (χ3v) is 11.1. The van der Waals surface area contributed by atoms with E-state index >= 15 is 0 Å². The van der Waals surface area contributed by atoms with Gasteiger partial charge in [0.25, 0.3) is 11.8 Å². The predicted molar refractivity (Wildman–Crippen MR) is 175 cm³/mol. The van der Waals surface area contributed by atoms with Crippen LogP contribution in [0.2, 0.25) is 0 Å². The second kappa shape index (κ2) is 15.1. The Morgan fingerprint density at radius 2 is 1.98 bits per heavy atom. The van der Waals surface area contributed by atoms with Crippen LogP contribution in [-0.2, 0) is 41.7 Å². The van der Waals surface area contributed by atoms with Crippen molar-refractivity contribution in [2.24, 2.45) is 5.16 Å². The fourth-order valence-corrected chi connectivity index (χ4v) is 8.67. The summed E-state index contributed by atoms with van der Waals surface area (Å²) in [4.78, 5) is 65.7. The number of nitrogens with one attached hydrogen (secondary N) is 1. The van der Waals surface area contributed by atoms with Gasteiger partial charge in [0.15, 0.2) is 15.2 Å². The molecule has 0 unspecified atom stereocenters. The molecule has 4 N–H and O–H groups in total. The van der Waals surface area contributed by atoms with Crippen LogP contribution in [0.5, 0.6) is 5.75 Å². The minimum absolute atomic E-state index is 0.0515. The molecule has 5 rings (SSSR count). The van der Waals surface area contributed by atoms with Crippen molar-refractivity contribution in [3.63, 3.8) is 0 Å². The van der Waals surface area contributed by atoms with Crippen LogP contribution in [0.15, 0.2) is 50.6 Å². The fourth-order valence-electron chi connectivity index (χ4n) is 4.45. The SMILES string of the molecule is CON=C(C(=O)N[C@@H]1C(=O)N2C(OC(=O)O)=C(CSc3nc(C)c(CC(=O)OCc4ccc(OC)cc4)s3)CS[C@@H]12)c1csc(N)n1. The molecule has 19 heteroatoms. The number of ether oxygens (including phenoxy) is 3. The first kappa shape index (κ1) is 34.0. The summed E-state index contributed by atoms with van der Waals surface area (Å²) in [6.45, 7) is 1.93. The third-order valence-electron chi connectivity index (χ3n) is 6.73. The van der Waals surface area contributed by atoms with Crippen LogP contribution in [-0.4, -0.2) is 86.8 Å². The van der Waals surface area contributed by atoms with Crippen molar-refractivity contribution in [3.8, 4) is 5.75 Å². The molecule has 0 radical (unpaired) electrons. The topological polar surface area (TPSA) is 205 Å². The molecule has 2 aliphatic heterocycles.